The van der Waals surface area contributed by atoms with Crippen molar-refractivity contribution in [1.82, 2.24) is 4.72 Å². The van der Waals surface area contributed by atoms with E-state index < -0.39 is 10.0 Å². The lowest BCUT2D eigenvalue weighted by atomic mass is 10.3. The summed E-state index contributed by atoms with van der Waals surface area (Å²) >= 11 is 1.63. The van der Waals surface area contributed by atoms with Crippen molar-refractivity contribution in [1.29, 1.82) is 0 Å². The van der Waals surface area contributed by atoms with Crippen LogP contribution in [0.15, 0.2) is 29.2 Å². The minimum absolute atomic E-state index is 0.0351. The quantitative estimate of drug-likeness (QED) is 0.835. The molecule has 0 unspecified atom stereocenters. The Hall–Kier alpha value is -0.720. The summed E-state index contributed by atoms with van der Waals surface area (Å²) in [5.74, 6) is 1.41. The van der Waals surface area contributed by atoms with Crippen LogP contribution in [0.4, 0.5) is 0 Å². The summed E-state index contributed by atoms with van der Waals surface area (Å²) in [5.41, 5.74) is 0. The molecule has 1 aromatic carbocycles. The van der Waals surface area contributed by atoms with Crippen molar-refractivity contribution in [2.45, 2.75) is 24.3 Å². The van der Waals surface area contributed by atoms with E-state index in [1.54, 1.807) is 43.1 Å². The molecule has 0 aliphatic heterocycles. The largest absolute Gasteiger partial charge is 0.497 e. The summed E-state index contributed by atoms with van der Waals surface area (Å²) in [4.78, 5) is 0.267. The van der Waals surface area contributed by atoms with E-state index in [-0.39, 0.29) is 10.9 Å². The van der Waals surface area contributed by atoms with Gasteiger partial charge in [-0.15, -0.1) is 0 Å². The number of methoxy groups -OCH3 is 1. The Morgan fingerprint density at radius 2 is 1.94 bits per heavy atom. The average Bonchev–Trinajstić information content (AvgIpc) is 2.38. The molecule has 1 rings (SSSR count). The molecule has 1 atom stereocenters. The van der Waals surface area contributed by atoms with Crippen molar-refractivity contribution in [2.75, 3.05) is 19.1 Å². The van der Waals surface area contributed by atoms with Crippen molar-refractivity contribution < 1.29 is 13.2 Å². The Morgan fingerprint density at radius 1 is 1.33 bits per heavy atom. The Morgan fingerprint density at radius 3 is 2.39 bits per heavy atom. The van der Waals surface area contributed by atoms with E-state index in [1.165, 1.54) is 0 Å². The molecule has 0 saturated carbocycles. The van der Waals surface area contributed by atoms with Gasteiger partial charge in [-0.2, -0.15) is 11.8 Å². The number of ether oxygens (including phenoxy) is 1. The van der Waals surface area contributed by atoms with Crippen LogP contribution in [0.25, 0.3) is 0 Å². The number of benzene rings is 1. The topological polar surface area (TPSA) is 55.4 Å². The predicted molar refractivity (Wildman–Crippen MR) is 75.8 cm³/mol. The number of sulfonamides is 1. The highest BCUT2D eigenvalue weighted by Crippen LogP contribution is 2.16. The molecule has 0 heterocycles. The van der Waals surface area contributed by atoms with Crippen molar-refractivity contribution in [3.8, 4) is 5.75 Å². The van der Waals surface area contributed by atoms with Crippen molar-refractivity contribution >= 4 is 21.8 Å². The highest BCUT2D eigenvalue weighted by atomic mass is 32.2. The van der Waals surface area contributed by atoms with Gasteiger partial charge in [-0.1, -0.05) is 6.92 Å². The maximum Gasteiger partial charge on any atom is 0.240 e. The fraction of sp³-hybridized carbons (Fsp3) is 0.500. The van der Waals surface area contributed by atoms with Crippen LogP contribution in [0.1, 0.15) is 13.3 Å². The van der Waals surface area contributed by atoms with Gasteiger partial charge < -0.3 is 4.74 Å². The standard InChI is InChI=1S/C12H19NO3S2/c1-4-10(9-17-3)13-18(14,15)12-7-5-11(16-2)6-8-12/h5-8,10,13H,4,9H2,1-3H3/t10-/m1/s1. The lowest BCUT2D eigenvalue weighted by Crippen LogP contribution is -2.36. The third-order valence-corrected chi connectivity index (χ3v) is 4.82. The fourth-order valence-corrected chi connectivity index (χ4v) is 3.62. The number of hydrogen-bond donors (Lipinski definition) is 1. The van der Waals surface area contributed by atoms with Crippen LogP contribution in [-0.4, -0.2) is 33.6 Å². The normalized spacial score (nSPS) is 13.3. The van der Waals surface area contributed by atoms with Gasteiger partial charge in [0, 0.05) is 11.8 Å². The molecular weight excluding hydrogens is 270 g/mol. The zero-order valence-corrected chi connectivity index (χ0v) is 12.5. The second-order valence-corrected chi connectivity index (χ2v) is 6.48. The summed E-state index contributed by atoms with van der Waals surface area (Å²) in [5, 5.41) is 0. The van der Waals surface area contributed by atoms with Gasteiger partial charge >= 0.3 is 0 Å². The molecule has 6 heteroatoms. The molecule has 1 N–H and O–H groups in total. The van der Waals surface area contributed by atoms with Crippen LogP contribution < -0.4 is 9.46 Å². The lowest BCUT2D eigenvalue weighted by molar-refractivity contribution is 0.414. The third-order valence-electron chi connectivity index (χ3n) is 2.55. The van der Waals surface area contributed by atoms with Gasteiger partial charge in [-0.05, 0) is 36.9 Å². The van der Waals surface area contributed by atoms with Crippen LogP contribution >= 0.6 is 11.8 Å². The molecule has 18 heavy (non-hydrogen) atoms. The number of hydrogen-bond acceptors (Lipinski definition) is 4. The lowest BCUT2D eigenvalue weighted by Gasteiger charge is -2.16. The molecule has 0 saturated heterocycles. The highest BCUT2D eigenvalue weighted by Gasteiger charge is 2.18. The Kier molecular flexibility index (Phi) is 5.98. The Bertz CT molecular complexity index is 457. The first kappa shape index (κ1) is 15.3. The zero-order valence-electron chi connectivity index (χ0n) is 10.8. The SMILES string of the molecule is CC[C@H](CSC)NS(=O)(=O)c1ccc(OC)cc1. The number of nitrogens with one attached hydrogen (secondary N) is 1. The first-order valence-corrected chi connectivity index (χ1v) is 8.56. The van der Waals surface area contributed by atoms with E-state index in [4.69, 9.17) is 4.74 Å². The maximum absolute atomic E-state index is 12.1. The molecule has 0 aromatic heterocycles. The van der Waals surface area contributed by atoms with Crippen LogP contribution in [0, 0.1) is 0 Å². The van der Waals surface area contributed by atoms with E-state index >= 15 is 0 Å². The smallest absolute Gasteiger partial charge is 0.240 e. The van der Waals surface area contributed by atoms with E-state index in [0.717, 1.165) is 12.2 Å². The highest BCUT2D eigenvalue weighted by molar-refractivity contribution is 7.98. The maximum atomic E-state index is 12.1. The van der Waals surface area contributed by atoms with E-state index in [1.807, 2.05) is 13.2 Å². The fourth-order valence-electron chi connectivity index (χ4n) is 1.48. The summed E-state index contributed by atoms with van der Waals surface area (Å²) in [7, 11) is -1.89. The van der Waals surface area contributed by atoms with Gasteiger partial charge in [0.05, 0.1) is 12.0 Å². The third kappa shape index (κ3) is 4.19. The Balaban J connectivity index is 2.84. The summed E-state index contributed by atoms with van der Waals surface area (Å²) in [6, 6.07) is 6.35. The summed E-state index contributed by atoms with van der Waals surface area (Å²) in [6.07, 6.45) is 2.74. The molecule has 0 radical (unpaired) electrons. The first-order valence-electron chi connectivity index (χ1n) is 5.68. The average molecular weight is 289 g/mol. The van der Waals surface area contributed by atoms with Gasteiger partial charge in [-0.3, -0.25) is 0 Å². The second kappa shape index (κ2) is 7.01. The van der Waals surface area contributed by atoms with E-state index in [2.05, 4.69) is 4.72 Å². The van der Waals surface area contributed by atoms with Crippen molar-refractivity contribution in [3.05, 3.63) is 24.3 Å². The van der Waals surface area contributed by atoms with Gasteiger partial charge in [0.15, 0.2) is 0 Å². The van der Waals surface area contributed by atoms with Crippen LogP contribution in [0.5, 0.6) is 5.75 Å². The molecule has 0 aliphatic carbocycles. The molecule has 102 valence electrons. The van der Waals surface area contributed by atoms with Crippen LogP contribution in [0.3, 0.4) is 0 Å². The Labute approximate surface area is 113 Å². The molecule has 0 aliphatic rings. The van der Waals surface area contributed by atoms with Gasteiger partial charge in [-0.25, -0.2) is 13.1 Å². The molecule has 0 bridgehead atoms. The second-order valence-electron chi connectivity index (χ2n) is 3.86. The van der Waals surface area contributed by atoms with Crippen molar-refractivity contribution in [3.63, 3.8) is 0 Å². The zero-order chi connectivity index (χ0) is 13.6. The van der Waals surface area contributed by atoms with Crippen molar-refractivity contribution in [2.24, 2.45) is 0 Å². The number of rotatable bonds is 7. The van der Waals surface area contributed by atoms with Gasteiger partial charge in [0.1, 0.15) is 5.75 Å². The molecule has 0 amide bonds. The minimum atomic E-state index is -3.44. The predicted octanol–water partition coefficient (Wildman–Crippen LogP) is 2.12. The summed E-state index contributed by atoms with van der Waals surface area (Å²) in [6.45, 7) is 1.97. The molecule has 0 fully saturated rings. The summed E-state index contributed by atoms with van der Waals surface area (Å²) < 4.78 is 31.9. The van der Waals surface area contributed by atoms with Gasteiger partial charge in [0.2, 0.25) is 10.0 Å². The van der Waals surface area contributed by atoms with Crippen LogP contribution in [0.2, 0.25) is 0 Å². The van der Waals surface area contributed by atoms with Crippen LogP contribution in [-0.2, 0) is 10.0 Å². The number of thioether (sulfide) groups is 1. The molecular formula is C12H19NO3S2. The van der Waals surface area contributed by atoms with Gasteiger partial charge in [0.25, 0.3) is 0 Å². The minimum Gasteiger partial charge on any atom is -0.497 e. The molecule has 0 spiro atoms. The van der Waals surface area contributed by atoms with E-state index in [0.29, 0.717) is 5.75 Å². The first-order chi connectivity index (χ1) is 8.53. The molecule has 4 nitrogen and oxygen atoms in total. The van der Waals surface area contributed by atoms with E-state index in [9.17, 15) is 8.42 Å². The molecule has 1 aromatic rings. The monoisotopic (exact) mass is 289 g/mol.